The molecule has 0 spiro atoms. The number of rotatable bonds is 6. The number of ether oxygens (including phenoxy) is 1. The van der Waals surface area contributed by atoms with Crippen molar-refractivity contribution in [2.24, 2.45) is 5.10 Å². The minimum atomic E-state index is -0.881. The van der Waals surface area contributed by atoms with E-state index in [2.05, 4.69) is 15.8 Å². The number of hydrogen-bond donors (Lipinski definition) is 2. The molecule has 0 unspecified atom stereocenters. The molecule has 2 amide bonds. The number of benzene rings is 3. The molecule has 0 saturated carbocycles. The molecule has 0 fully saturated rings. The lowest BCUT2D eigenvalue weighted by Crippen LogP contribution is -2.32. The van der Waals surface area contributed by atoms with Crippen LogP contribution in [0.2, 0.25) is 10.0 Å². The average molecular weight is 470 g/mol. The molecule has 0 bridgehead atoms. The number of anilines is 1. The van der Waals surface area contributed by atoms with Gasteiger partial charge in [-0.15, -0.1) is 0 Å². The van der Waals surface area contributed by atoms with Crippen LogP contribution in [0.5, 0.6) is 5.75 Å². The van der Waals surface area contributed by atoms with Crippen LogP contribution < -0.4 is 15.5 Å². The molecule has 2 N–H and O–H groups in total. The number of amides is 2. The van der Waals surface area contributed by atoms with E-state index in [4.69, 9.17) is 27.9 Å². The SMILES string of the molecule is Cc1ccc(NC(=O)C(=O)N/N=C\c2ccc(OCc3ccc(Cl)cc3)c(Cl)c2)cc1C. The molecule has 0 aliphatic heterocycles. The third-order valence-corrected chi connectivity index (χ3v) is 5.16. The molecule has 3 aromatic carbocycles. The van der Waals surface area contributed by atoms with Crippen molar-refractivity contribution in [3.63, 3.8) is 0 Å². The topological polar surface area (TPSA) is 79.8 Å². The van der Waals surface area contributed by atoms with Gasteiger partial charge in [-0.1, -0.05) is 41.4 Å². The van der Waals surface area contributed by atoms with E-state index in [1.54, 1.807) is 42.5 Å². The lowest BCUT2D eigenvalue weighted by Gasteiger charge is -2.09. The first kappa shape index (κ1) is 23.3. The van der Waals surface area contributed by atoms with Gasteiger partial charge < -0.3 is 10.1 Å². The zero-order valence-electron chi connectivity index (χ0n) is 17.5. The highest BCUT2D eigenvalue weighted by atomic mass is 35.5. The number of aryl methyl sites for hydroxylation is 2. The summed E-state index contributed by atoms with van der Waals surface area (Å²) in [7, 11) is 0. The highest BCUT2D eigenvalue weighted by Gasteiger charge is 2.13. The normalized spacial score (nSPS) is 10.8. The molecule has 164 valence electrons. The summed E-state index contributed by atoms with van der Waals surface area (Å²) < 4.78 is 5.72. The van der Waals surface area contributed by atoms with E-state index in [1.165, 1.54) is 6.21 Å². The Balaban J connectivity index is 1.52. The third kappa shape index (κ3) is 6.57. The molecule has 0 aromatic heterocycles. The summed E-state index contributed by atoms with van der Waals surface area (Å²) in [4.78, 5) is 24.0. The Morgan fingerprint density at radius 1 is 0.938 bits per heavy atom. The van der Waals surface area contributed by atoms with E-state index in [-0.39, 0.29) is 0 Å². The zero-order valence-corrected chi connectivity index (χ0v) is 19.0. The van der Waals surface area contributed by atoms with Gasteiger partial charge >= 0.3 is 11.8 Å². The number of carbonyl (C=O) groups is 2. The lowest BCUT2D eigenvalue weighted by molar-refractivity contribution is -0.136. The zero-order chi connectivity index (χ0) is 23.1. The first-order valence-electron chi connectivity index (χ1n) is 9.70. The lowest BCUT2D eigenvalue weighted by atomic mass is 10.1. The number of halogens is 2. The molecular weight excluding hydrogens is 449 g/mol. The van der Waals surface area contributed by atoms with E-state index in [0.717, 1.165) is 16.7 Å². The number of nitrogens with zero attached hydrogens (tertiary/aromatic N) is 1. The Morgan fingerprint density at radius 2 is 1.69 bits per heavy atom. The van der Waals surface area contributed by atoms with Crippen LogP contribution in [0, 0.1) is 13.8 Å². The van der Waals surface area contributed by atoms with Crippen molar-refractivity contribution in [3.8, 4) is 5.75 Å². The molecule has 0 aliphatic rings. The van der Waals surface area contributed by atoms with Gasteiger partial charge in [0.1, 0.15) is 12.4 Å². The summed E-state index contributed by atoms with van der Waals surface area (Å²) in [6.45, 7) is 4.23. The summed E-state index contributed by atoms with van der Waals surface area (Å²) in [5, 5.41) is 7.39. The van der Waals surface area contributed by atoms with Gasteiger partial charge in [-0.25, -0.2) is 5.43 Å². The summed E-state index contributed by atoms with van der Waals surface area (Å²) >= 11 is 12.1. The molecule has 0 saturated heterocycles. The molecule has 0 aliphatic carbocycles. The van der Waals surface area contributed by atoms with Crippen molar-refractivity contribution in [2.75, 3.05) is 5.32 Å². The van der Waals surface area contributed by atoms with Gasteiger partial charge in [-0.3, -0.25) is 9.59 Å². The molecular formula is C24H21Cl2N3O3. The van der Waals surface area contributed by atoms with Crippen LogP contribution in [0.1, 0.15) is 22.3 Å². The van der Waals surface area contributed by atoms with E-state index >= 15 is 0 Å². The van der Waals surface area contributed by atoms with Crippen LogP contribution in [-0.2, 0) is 16.2 Å². The second-order valence-corrected chi connectivity index (χ2v) is 7.90. The molecule has 3 aromatic rings. The molecule has 0 atom stereocenters. The highest BCUT2D eigenvalue weighted by molar-refractivity contribution is 6.39. The Kier molecular flexibility index (Phi) is 7.87. The van der Waals surface area contributed by atoms with Gasteiger partial charge in [0.25, 0.3) is 0 Å². The van der Waals surface area contributed by atoms with E-state index < -0.39 is 11.8 Å². The Bertz CT molecular complexity index is 1160. The number of hydrogen-bond acceptors (Lipinski definition) is 4. The minimum Gasteiger partial charge on any atom is -0.487 e. The molecule has 6 nitrogen and oxygen atoms in total. The first-order chi connectivity index (χ1) is 15.3. The van der Waals surface area contributed by atoms with Crippen LogP contribution in [0.3, 0.4) is 0 Å². The van der Waals surface area contributed by atoms with Crippen LogP contribution in [0.4, 0.5) is 5.69 Å². The summed E-state index contributed by atoms with van der Waals surface area (Å²) in [5.74, 6) is -1.18. The second kappa shape index (κ2) is 10.8. The van der Waals surface area contributed by atoms with Crippen LogP contribution >= 0.6 is 23.2 Å². The fourth-order valence-corrected chi connectivity index (χ4v) is 3.05. The monoisotopic (exact) mass is 469 g/mol. The average Bonchev–Trinajstić information content (AvgIpc) is 2.76. The maximum Gasteiger partial charge on any atom is 0.329 e. The molecule has 3 rings (SSSR count). The Labute approximate surface area is 196 Å². The summed E-state index contributed by atoms with van der Waals surface area (Å²) in [5.41, 5.74) is 6.43. The van der Waals surface area contributed by atoms with Gasteiger partial charge in [0, 0.05) is 10.7 Å². The predicted octanol–water partition coefficient (Wildman–Crippen LogP) is 5.28. The Hall–Kier alpha value is -3.35. The molecule has 0 radical (unpaired) electrons. The highest BCUT2D eigenvalue weighted by Crippen LogP contribution is 2.26. The van der Waals surface area contributed by atoms with Gasteiger partial charge in [0.05, 0.1) is 11.2 Å². The van der Waals surface area contributed by atoms with Crippen molar-refractivity contribution in [1.82, 2.24) is 5.43 Å². The quantitative estimate of drug-likeness (QED) is 0.292. The standard InChI is InChI=1S/C24H21Cl2N3O3/c1-15-3-9-20(11-16(15)2)28-23(30)24(31)29-27-13-18-6-10-22(21(26)12-18)32-14-17-4-7-19(25)8-5-17/h3-13H,14H2,1-2H3,(H,28,30)(H,29,31)/b27-13-. The molecule has 32 heavy (non-hydrogen) atoms. The van der Waals surface area contributed by atoms with Crippen LogP contribution in [0.15, 0.2) is 65.8 Å². The number of carbonyl (C=O) groups excluding carboxylic acids is 2. The van der Waals surface area contributed by atoms with Crippen molar-refractivity contribution in [3.05, 3.63) is 93.0 Å². The predicted molar refractivity (Wildman–Crippen MR) is 128 cm³/mol. The fraction of sp³-hybridized carbons (Fsp3) is 0.125. The maximum absolute atomic E-state index is 12.0. The van der Waals surface area contributed by atoms with Crippen molar-refractivity contribution < 1.29 is 14.3 Å². The van der Waals surface area contributed by atoms with Gasteiger partial charge in [0.15, 0.2) is 0 Å². The van der Waals surface area contributed by atoms with E-state index in [1.807, 2.05) is 32.0 Å². The minimum absolute atomic E-state index is 0.343. The largest absolute Gasteiger partial charge is 0.487 e. The summed E-state index contributed by atoms with van der Waals surface area (Å²) in [6.07, 6.45) is 1.38. The van der Waals surface area contributed by atoms with Crippen molar-refractivity contribution in [2.45, 2.75) is 20.5 Å². The third-order valence-electron chi connectivity index (χ3n) is 4.61. The first-order valence-corrected chi connectivity index (χ1v) is 10.5. The second-order valence-electron chi connectivity index (χ2n) is 7.06. The van der Waals surface area contributed by atoms with Gasteiger partial charge in [-0.05, 0) is 78.6 Å². The van der Waals surface area contributed by atoms with E-state index in [9.17, 15) is 9.59 Å². The summed E-state index contributed by atoms with van der Waals surface area (Å²) in [6, 6.07) is 17.8. The number of nitrogens with one attached hydrogen (secondary N) is 2. The maximum atomic E-state index is 12.0. The van der Waals surface area contributed by atoms with Crippen LogP contribution in [-0.4, -0.2) is 18.0 Å². The Morgan fingerprint density at radius 3 is 2.38 bits per heavy atom. The van der Waals surface area contributed by atoms with Gasteiger partial charge in [0.2, 0.25) is 0 Å². The smallest absolute Gasteiger partial charge is 0.329 e. The van der Waals surface area contributed by atoms with Gasteiger partial charge in [-0.2, -0.15) is 5.10 Å². The molecule has 0 heterocycles. The fourth-order valence-electron chi connectivity index (χ4n) is 2.68. The molecule has 8 heteroatoms. The van der Waals surface area contributed by atoms with Crippen molar-refractivity contribution >= 4 is 46.9 Å². The van der Waals surface area contributed by atoms with Crippen LogP contribution in [0.25, 0.3) is 0 Å². The van der Waals surface area contributed by atoms with E-state index in [0.29, 0.717) is 33.7 Å². The number of hydrazone groups is 1. The van der Waals surface area contributed by atoms with Crippen molar-refractivity contribution in [1.29, 1.82) is 0 Å².